The maximum atomic E-state index is 12.5. The van der Waals surface area contributed by atoms with Crippen LogP contribution in [0.5, 0.6) is 0 Å². The minimum atomic E-state index is -3.52. The second kappa shape index (κ2) is 7.80. The number of carbonyl (C=O) groups excluding carboxylic acids is 1. The van der Waals surface area contributed by atoms with Crippen molar-refractivity contribution in [1.29, 1.82) is 0 Å². The van der Waals surface area contributed by atoms with Gasteiger partial charge in [-0.1, -0.05) is 35.9 Å². The summed E-state index contributed by atoms with van der Waals surface area (Å²) in [6, 6.07) is 12.0. The summed E-state index contributed by atoms with van der Waals surface area (Å²) in [5.74, 6) is -0.597. The third-order valence-corrected chi connectivity index (χ3v) is 5.42. The third-order valence-electron chi connectivity index (χ3n) is 3.99. The van der Waals surface area contributed by atoms with Crippen molar-refractivity contribution in [2.24, 2.45) is 0 Å². The van der Waals surface area contributed by atoms with E-state index in [0.717, 1.165) is 16.7 Å². The number of sulfonamides is 1. The van der Waals surface area contributed by atoms with Crippen molar-refractivity contribution in [3.8, 4) is 0 Å². The van der Waals surface area contributed by atoms with Gasteiger partial charge in [-0.25, -0.2) is 17.9 Å². The van der Waals surface area contributed by atoms with Crippen LogP contribution in [0.4, 0.5) is 0 Å². The van der Waals surface area contributed by atoms with Crippen LogP contribution < -0.4 is 4.72 Å². The van der Waals surface area contributed by atoms with Gasteiger partial charge in [0.15, 0.2) is 0 Å². The van der Waals surface area contributed by atoms with Gasteiger partial charge in [0, 0.05) is 6.04 Å². The smallest absolute Gasteiger partial charge is 0.337 e. The normalized spacial score (nSPS) is 12.6. The molecule has 0 aliphatic carbocycles. The lowest BCUT2D eigenvalue weighted by atomic mass is 10.0. The molecule has 0 amide bonds. The van der Waals surface area contributed by atoms with Gasteiger partial charge in [0.1, 0.15) is 0 Å². The van der Waals surface area contributed by atoms with Crippen LogP contribution in [0.1, 0.15) is 45.6 Å². The number of benzene rings is 2. The molecule has 0 fully saturated rings. The zero-order chi connectivity index (χ0) is 18.6. The van der Waals surface area contributed by atoms with Crippen LogP contribution in [0, 0.1) is 13.8 Å². The Balaban J connectivity index is 2.11. The summed E-state index contributed by atoms with van der Waals surface area (Å²) in [7, 11) is -2.21. The van der Waals surface area contributed by atoms with Gasteiger partial charge >= 0.3 is 5.97 Å². The summed E-state index contributed by atoms with van der Waals surface area (Å²) in [6.07, 6.45) is 0. The molecule has 0 saturated heterocycles. The van der Waals surface area contributed by atoms with E-state index in [9.17, 15) is 13.2 Å². The first-order chi connectivity index (χ1) is 11.7. The fourth-order valence-corrected chi connectivity index (χ4v) is 4.06. The van der Waals surface area contributed by atoms with Gasteiger partial charge < -0.3 is 4.74 Å². The number of methoxy groups -OCH3 is 1. The molecular weight excluding hydrogens is 338 g/mol. The molecule has 2 aromatic carbocycles. The lowest BCUT2D eigenvalue weighted by molar-refractivity contribution is 0.0600. The number of hydrogen-bond donors (Lipinski definition) is 1. The summed E-state index contributed by atoms with van der Waals surface area (Å²) < 4.78 is 32.3. The summed E-state index contributed by atoms with van der Waals surface area (Å²) in [5.41, 5.74) is 4.09. The van der Waals surface area contributed by atoms with Crippen molar-refractivity contribution in [1.82, 2.24) is 4.72 Å². The molecule has 0 aromatic heterocycles. The summed E-state index contributed by atoms with van der Waals surface area (Å²) >= 11 is 0. The van der Waals surface area contributed by atoms with E-state index in [4.69, 9.17) is 0 Å². The van der Waals surface area contributed by atoms with Crippen molar-refractivity contribution < 1.29 is 17.9 Å². The van der Waals surface area contributed by atoms with Crippen molar-refractivity contribution >= 4 is 16.0 Å². The Bertz CT molecular complexity index is 857. The molecule has 134 valence electrons. The maximum absolute atomic E-state index is 12.5. The van der Waals surface area contributed by atoms with Crippen LogP contribution >= 0.6 is 0 Å². The fourth-order valence-electron chi connectivity index (χ4n) is 2.68. The van der Waals surface area contributed by atoms with E-state index in [1.54, 1.807) is 24.3 Å². The number of aryl methyl sites for hydroxylation is 2. The largest absolute Gasteiger partial charge is 0.465 e. The van der Waals surface area contributed by atoms with Crippen molar-refractivity contribution in [3.63, 3.8) is 0 Å². The van der Waals surface area contributed by atoms with E-state index in [1.807, 2.05) is 39.0 Å². The van der Waals surface area contributed by atoms with Gasteiger partial charge in [-0.2, -0.15) is 0 Å². The SMILES string of the molecule is COC(=O)c1ccc(CS(=O)(=O)N[C@@H](C)c2cc(C)ccc2C)cc1. The predicted octanol–water partition coefficient (Wildman–Crippen LogP) is 3.27. The van der Waals surface area contributed by atoms with Gasteiger partial charge in [-0.05, 0) is 49.6 Å². The molecular formula is C19H23NO4S. The van der Waals surface area contributed by atoms with Crippen molar-refractivity contribution in [2.45, 2.75) is 32.6 Å². The molecule has 0 heterocycles. The number of rotatable bonds is 6. The number of esters is 1. The van der Waals surface area contributed by atoms with E-state index in [1.165, 1.54) is 7.11 Å². The van der Waals surface area contributed by atoms with E-state index >= 15 is 0 Å². The van der Waals surface area contributed by atoms with Crippen LogP contribution in [0.3, 0.4) is 0 Å². The van der Waals surface area contributed by atoms with E-state index < -0.39 is 16.0 Å². The lowest BCUT2D eigenvalue weighted by Gasteiger charge is -2.17. The summed E-state index contributed by atoms with van der Waals surface area (Å²) in [4.78, 5) is 11.4. The molecule has 2 rings (SSSR count). The van der Waals surface area contributed by atoms with Crippen molar-refractivity contribution in [3.05, 3.63) is 70.3 Å². The van der Waals surface area contributed by atoms with Gasteiger partial charge in [0.2, 0.25) is 10.0 Å². The third kappa shape index (κ3) is 5.14. The van der Waals surface area contributed by atoms with Gasteiger partial charge in [0.05, 0.1) is 18.4 Å². The molecule has 0 unspecified atom stereocenters. The first kappa shape index (κ1) is 19.1. The minimum Gasteiger partial charge on any atom is -0.465 e. The molecule has 0 saturated carbocycles. The molecule has 0 aliphatic heterocycles. The zero-order valence-electron chi connectivity index (χ0n) is 14.9. The van der Waals surface area contributed by atoms with E-state index in [2.05, 4.69) is 9.46 Å². The monoisotopic (exact) mass is 361 g/mol. The number of nitrogens with one attached hydrogen (secondary N) is 1. The Morgan fingerprint density at radius 2 is 1.76 bits per heavy atom. The number of hydrogen-bond acceptors (Lipinski definition) is 4. The average Bonchev–Trinajstić information content (AvgIpc) is 2.56. The zero-order valence-corrected chi connectivity index (χ0v) is 15.7. The topological polar surface area (TPSA) is 72.5 Å². The molecule has 1 atom stereocenters. The van der Waals surface area contributed by atoms with E-state index in [-0.39, 0.29) is 11.8 Å². The van der Waals surface area contributed by atoms with Gasteiger partial charge in [-0.3, -0.25) is 0 Å². The Kier molecular flexibility index (Phi) is 5.98. The Hall–Kier alpha value is -2.18. The average molecular weight is 361 g/mol. The molecule has 0 spiro atoms. The maximum Gasteiger partial charge on any atom is 0.337 e. The standard InChI is InChI=1S/C19H23NO4S/c1-13-5-6-14(2)18(11-13)15(3)20-25(22,23)12-16-7-9-17(10-8-16)19(21)24-4/h5-11,15,20H,12H2,1-4H3/t15-/m0/s1. The van der Waals surface area contributed by atoms with E-state index in [0.29, 0.717) is 11.1 Å². The molecule has 1 N–H and O–H groups in total. The Morgan fingerprint density at radius 1 is 1.12 bits per heavy atom. The highest BCUT2D eigenvalue weighted by Gasteiger charge is 2.18. The molecule has 2 aromatic rings. The minimum absolute atomic E-state index is 0.149. The van der Waals surface area contributed by atoms with Crippen LogP contribution in [0.2, 0.25) is 0 Å². The van der Waals surface area contributed by atoms with Crippen LogP contribution in [-0.2, 0) is 20.5 Å². The fraction of sp³-hybridized carbons (Fsp3) is 0.316. The summed E-state index contributed by atoms with van der Waals surface area (Å²) in [6.45, 7) is 5.78. The lowest BCUT2D eigenvalue weighted by Crippen LogP contribution is -2.28. The van der Waals surface area contributed by atoms with Gasteiger partial charge in [-0.15, -0.1) is 0 Å². The number of carbonyl (C=O) groups is 1. The Labute approximate surface area is 149 Å². The second-order valence-electron chi connectivity index (χ2n) is 6.15. The quantitative estimate of drug-likeness (QED) is 0.802. The van der Waals surface area contributed by atoms with Gasteiger partial charge in [0.25, 0.3) is 0 Å². The molecule has 0 radical (unpaired) electrons. The predicted molar refractivity (Wildman–Crippen MR) is 97.9 cm³/mol. The van der Waals surface area contributed by atoms with Crippen LogP contribution in [0.15, 0.2) is 42.5 Å². The molecule has 0 bridgehead atoms. The van der Waals surface area contributed by atoms with Crippen LogP contribution in [-0.4, -0.2) is 21.5 Å². The molecule has 5 nitrogen and oxygen atoms in total. The highest BCUT2D eigenvalue weighted by atomic mass is 32.2. The Morgan fingerprint density at radius 3 is 2.36 bits per heavy atom. The first-order valence-corrected chi connectivity index (χ1v) is 9.61. The number of ether oxygens (including phenoxy) is 1. The van der Waals surface area contributed by atoms with Crippen molar-refractivity contribution in [2.75, 3.05) is 7.11 Å². The molecule has 6 heteroatoms. The summed E-state index contributed by atoms with van der Waals surface area (Å²) in [5, 5.41) is 0. The first-order valence-electron chi connectivity index (χ1n) is 7.96. The second-order valence-corrected chi connectivity index (χ2v) is 7.90. The molecule has 25 heavy (non-hydrogen) atoms. The molecule has 0 aliphatic rings. The highest BCUT2D eigenvalue weighted by Crippen LogP contribution is 2.20. The van der Waals surface area contributed by atoms with Crippen LogP contribution in [0.25, 0.3) is 0 Å². The highest BCUT2D eigenvalue weighted by molar-refractivity contribution is 7.88.